The lowest BCUT2D eigenvalue weighted by Gasteiger charge is -2.29. The molecule has 5 rings (SSSR count). The van der Waals surface area contributed by atoms with Crippen molar-refractivity contribution >= 4 is 34.7 Å². The van der Waals surface area contributed by atoms with Crippen LogP contribution in [0, 0.1) is 5.92 Å². The summed E-state index contributed by atoms with van der Waals surface area (Å²) in [6.07, 6.45) is 6.42. The van der Waals surface area contributed by atoms with Gasteiger partial charge in [0.15, 0.2) is 11.5 Å². The number of carbonyl (C=O) groups is 2. The molecule has 0 atom stereocenters. The van der Waals surface area contributed by atoms with Gasteiger partial charge in [-0.15, -0.1) is 10.2 Å². The van der Waals surface area contributed by atoms with E-state index in [0.29, 0.717) is 29.2 Å². The van der Waals surface area contributed by atoms with E-state index in [4.69, 9.17) is 4.11 Å². The minimum Gasteiger partial charge on any atom is -0.368 e. The fourth-order valence-electron chi connectivity index (χ4n) is 3.77. The Kier molecular flexibility index (Phi) is 3.95. The van der Waals surface area contributed by atoms with E-state index in [9.17, 15) is 9.59 Å². The lowest BCUT2D eigenvalue weighted by molar-refractivity contribution is -0.117. The molecule has 0 radical (unpaired) electrons. The Morgan fingerprint density at radius 1 is 1.22 bits per heavy atom. The Labute approximate surface area is 188 Å². The predicted molar refractivity (Wildman–Crippen MR) is 119 cm³/mol. The van der Waals surface area contributed by atoms with Crippen LogP contribution < -0.4 is 20.9 Å². The van der Waals surface area contributed by atoms with Gasteiger partial charge in [0.1, 0.15) is 5.69 Å². The first-order chi connectivity index (χ1) is 16.7. The second kappa shape index (κ2) is 7.59. The number of aryl methyl sites for hydroxylation is 1. The molecule has 1 fully saturated rings. The highest BCUT2D eigenvalue weighted by atomic mass is 16.2. The Hall–Kier alpha value is -4.02. The highest BCUT2D eigenvalue weighted by molar-refractivity contribution is 6.01. The summed E-state index contributed by atoms with van der Waals surface area (Å²) in [6.45, 7) is -1.97. The highest BCUT2D eigenvalue weighted by Gasteiger charge is 2.30. The first-order valence-corrected chi connectivity index (χ1v) is 10.1. The van der Waals surface area contributed by atoms with Gasteiger partial charge in [0, 0.05) is 67.2 Å². The highest BCUT2D eigenvalue weighted by Crippen LogP contribution is 2.42. The molecular formula is C21H23N9O2. The van der Waals surface area contributed by atoms with Crippen LogP contribution in [0.5, 0.6) is 0 Å². The minimum atomic E-state index is -2.40. The van der Waals surface area contributed by atoms with Crippen molar-refractivity contribution in [1.29, 1.82) is 0 Å². The molecule has 11 nitrogen and oxygen atoms in total. The molecule has 0 unspecified atom stereocenters. The van der Waals surface area contributed by atoms with Crippen LogP contribution in [0.2, 0.25) is 0 Å². The summed E-state index contributed by atoms with van der Waals surface area (Å²) in [6, 6.07) is 1.55. The molecule has 1 aliphatic heterocycles. The Bertz CT molecular complexity index is 1330. The molecule has 32 heavy (non-hydrogen) atoms. The minimum absolute atomic E-state index is 0.0188. The standard InChI is InChI=1S/C21H23N9O2/c1-22-21(32)18-14(6-16(26-27-18)25-20(31)11-4-5-11)24-15-8-23-7-13-17-12(10-30(3)28-17)9-29(2)19(13)15/h6-8,10-11H,4-5,9H2,1-3H3,(H,22,32)(H2,24,25,26,31)/i3D3. The fraction of sp³-hybridized carbons (Fsp3) is 0.333. The van der Waals surface area contributed by atoms with Crippen LogP contribution in [-0.2, 0) is 18.3 Å². The Balaban J connectivity index is 1.55. The van der Waals surface area contributed by atoms with E-state index in [0.717, 1.165) is 28.8 Å². The van der Waals surface area contributed by atoms with Crippen LogP contribution in [0.4, 0.5) is 22.9 Å². The number of anilines is 4. The summed E-state index contributed by atoms with van der Waals surface area (Å²) in [5.74, 6) is -0.379. The maximum Gasteiger partial charge on any atom is 0.273 e. The number of aromatic nitrogens is 5. The van der Waals surface area contributed by atoms with Crippen molar-refractivity contribution in [1.82, 2.24) is 30.3 Å². The molecule has 1 saturated carbocycles. The van der Waals surface area contributed by atoms with E-state index < -0.39 is 12.9 Å². The lowest BCUT2D eigenvalue weighted by atomic mass is 10.0. The zero-order chi connectivity index (χ0) is 24.9. The average molecular weight is 436 g/mol. The second-order valence-corrected chi connectivity index (χ2v) is 7.85. The predicted octanol–water partition coefficient (Wildman–Crippen LogP) is 1.67. The summed E-state index contributed by atoms with van der Waals surface area (Å²) in [7, 11) is 3.35. The zero-order valence-corrected chi connectivity index (χ0v) is 17.5. The summed E-state index contributed by atoms with van der Waals surface area (Å²) in [5.41, 5.74) is 3.59. The molecule has 0 spiro atoms. The SMILES string of the molecule is [2H]C([2H])([2H])n1cc2c(n1)-c1cncc(Nc3cc(NC(=O)C4CC4)nnc3C(=O)NC)c1N(C)C2. The van der Waals surface area contributed by atoms with Gasteiger partial charge in [-0.3, -0.25) is 19.3 Å². The van der Waals surface area contributed by atoms with E-state index in [2.05, 4.69) is 36.2 Å². The third kappa shape index (κ3) is 3.51. The molecule has 1 aliphatic carbocycles. The van der Waals surface area contributed by atoms with Crippen LogP contribution in [0.1, 0.15) is 33.0 Å². The molecule has 11 heteroatoms. The fourth-order valence-corrected chi connectivity index (χ4v) is 3.77. The molecular weight excluding hydrogens is 410 g/mol. The molecule has 0 aromatic carbocycles. The zero-order valence-electron chi connectivity index (χ0n) is 20.5. The van der Waals surface area contributed by atoms with Gasteiger partial charge >= 0.3 is 0 Å². The van der Waals surface area contributed by atoms with Crippen LogP contribution in [0.3, 0.4) is 0 Å². The van der Waals surface area contributed by atoms with Gasteiger partial charge in [0.05, 0.1) is 23.3 Å². The van der Waals surface area contributed by atoms with Crippen molar-refractivity contribution in [3.63, 3.8) is 0 Å². The Morgan fingerprint density at radius 2 is 2.06 bits per heavy atom. The third-order valence-electron chi connectivity index (χ3n) is 5.46. The Morgan fingerprint density at radius 3 is 2.81 bits per heavy atom. The molecule has 2 aliphatic rings. The van der Waals surface area contributed by atoms with Crippen molar-refractivity contribution in [3.8, 4) is 11.3 Å². The molecule has 2 amide bonds. The summed E-state index contributed by atoms with van der Waals surface area (Å²) < 4.78 is 24.0. The van der Waals surface area contributed by atoms with E-state index in [-0.39, 0.29) is 23.3 Å². The number of carbonyl (C=O) groups excluding carboxylic acids is 2. The van der Waals surface area contributed by atoms with Crippen molar-refractivity contribution in [2.45, 2.75) is 19.4 Å². The van der Waals surface area contributed by atoms with E-state index >= 15 is 0 Å². The van der Waals surface area contributed by atoms with E-state index in [1.54, 1.807) is 18.5 Å². The molecule has 164 valence electrons. The first-order valence-electron chi connectivity index (χ1n) is 11.6. The van der Waals surface area contributed by atoms with Crippen molar-refractivity contribution in [3.05, 3.63) is 35.9 Å². The molecule has 4 heterocycles. The van der Waals surface area contributed by atoms with Crippen LogP contribution in [0.25, 0.3) is 11.3 Å². The van der Waals surface area contributed by atoms with E-state index in [1.807, 2.05) is 11.9 Å². The molecule has 0 saturated heterocycles. The summed E-state index contributed by atoms with van der Waals surface area (Å²) in [5, 5.41) is 20.8. The largest absolute Gasteiger partial charge is 0.368 e. The third-order valence-corrected chi connectivity index (χ3v) is 5.46. The van der Waals surface area contributed by atoms with E-state index in [1.165, 1.54) is 13.2 Å². The number of amides is 2. The van der Waals surface area contributed by atoms with Crippen molar-refractivity contribution in [2.75, 3.05) is 29.6 Å². The maximum atomic E-state index is 12.5. The van der Waals surface area contributed by atoms with Gasteiger partial charge in [-0.05, 0) is 12.8 Å². The molecule has 3 aromatic heterocycles. The summed E-state index contributed by atoms with van der Waals surface area (Å²) >= 11 is 0. The van der Waals surface area contributed by atoms with Crippen LogP contribution in [0.15, 0.2) is 24.7 Å². The monoisotopic (exact) mass is 436 g/mol. The number of nitrogens with zero attached hydrogens (tertiary/aromatic N) is 6. The molecule has 0 bridgehead atoms. The van der Waals surface area contributed by atoms with Gasteiger partial charge < -0.3 is 20.9 Å². The van der Waals surface area contributed by atoms with Gasteiger partial charge in [0.25, 0.3) is 5.91 Å². The quantitative estimate of drug-likeness (QED) is 0.551. The molecule has 3 aromatic rings. The number of fused-ring (bicyclic) bond motifs is 3. The van der Waals surface area contributed by atoms with Crippen molar-refractivity contribution in [2.24, 2.45) is 12.9 Å². The number of rotatable bonds is 5. The van der Waals surface area contributed by atoms with Gasteiger partial charge in [-0.1, -0.05) is 0 Å². The molecule has 3 N–H and O–H groups in total. The number of nitrogens with one attached hydrogen (secondary N) is 3. The number of pyridine rings is 1. The van der Waals surface area contributed by atoms with Gasteiger partial charge in [-0.25, -0.2) is 0 Å². The van der Waals surface area contributed by atoms with Crippen LogP contribution in [-0.4, -0.2) is 50.9 Å². The van der Waals surface area contributed by atoms with Gasteiger partial charge in [0.2, 0.25) is 5.91 Å². The van der Waals surface area contributed by atoms with Crippen LogP contribution >= 0.6 is 0 Å². The van der Waals surface area contributed by atoms with Gasteiger partial charge in [-0.2, -0.15) is 5.10 Å². The summed E-state index contributed by atoms with van der Waals surface area (Å²) in [4.78, 5) is 30.9. The average Bonchev–Trinajstić information content (AvgIpc) is 3.57. The first kappa shape index (κ1) is 16.6. The topological polar surface area (TPSA) is 130 Å². The normalized spacial score (nSPS) is 16.2. The smallest absolute Gasteiger partial charge is 0.273 e. The van der Waals surface area contributed by atoms with Crippen molar-refractivity contribution < 1.29 is 13.7 Å². The number of hydrogen-bond donors (Lipinski definition) is 3. The second-order valence-electron chi connectivity index (χ2n) is 7.85. The lowest BCUT2D eigenvalue weighted by Crippen LogP contribution is -2.24. The number of hydrogen-bond acceptors (Lipinski definition) is 8. The maximum absolute atomic E-state index is 12.5.